The Morgan fingerprint density at radius 1 is 1.06 bits per heavy atom. The van der Waals surface area contributed by atoms with Gasteiger partial charge in [-0.1, -0.05) is 43.2 Å². The van der Waals surface area contributed by atoms with Crippen molar-refractivity contribution in [3.8, 4) is 5.75 Å². The number of ether oxygens (including phenoxy) is 3. The zero-order valence-corrected chi connectivity index (χ0v) is 28.2. The summed E-state index contributed by atoms with van der Waals surface area (Å²) in [7, 11) is 4.31. The van der Waals surface area contributed by atoms with Crippen LogP contribution in [0.3, 0.4) is 0 Å². The number of fused-ring (bicyclic) bond motifs is 1. The van der Waals surface area contributed by atoms with Gasteiger partial charge in [-0.25, -0.2) is 9.78 Å². The Balaban J connectivity index is 1.16. The van der Waals surface area contributed by atoms with Gasteiger partial charge in [-0.3, -0.25) is 9.59 Å². The van der Waals surface area contributed by atoms with Crippen molar-refractivity contribution in [1.82, 2.24) is 20.2 Å². The van der Waals surface area contributed by atoms with Gasteiger partial charge in [-0.15, -0.1) is 0 Å². The molecular formula is C35H41F2N7O6. The molecule has 3 aromatic rings. The molecule has 0 bridgehead atoms. The van der Waals surface area contributed by atoms with Crippen molar-refractivity contribution >= 4 is 41.0 Å². The van der Waals surface area contributed by atoms with Gasteiger partial charge in [0.2, 0.25) is 5.95 Å². The number of hydrogen-bond donors (Lipinski definition) is 2. The van der Waals surface area contributed by atoms with E-state index < -0.39 is 36.4 Å². The Bertz CT molecular complexity index is 1710. The zero-order valence-electron chi connectivity index (χ0n) is 28.2. The van der Waals surface area contributed by atoms with Gasteiger partial charge in [-0.05, 0) is 43.0 Å². The Morgan fingerprint density at radius 3 is 2.54 bits per heavy atom. The lowest BCUT2D eigenvalue weighted by Crippen LogP contribution is -2.57. The summed E-state index contributed by atoms with van der Waals surface area (Å²) in [6.07, 6.45) is 4.34. The third-order valence-corrected chi connectivity index (χ3v) is 9.48. The third-order valence-electron chi connectivity index (χ3n) is 9.48. The predicted octanol–water partition coefficient (Wildman–Crippen LogP) is 4.75. The van der Waals surface area contributed by atoms with Gasteiger partial charge in [0.15, 0.2) is 5.82 Å². The molecule has 1 saturated carbocycles. The molecule has 266 valence electrons. The summed E-state index contributed by atoms with van der Waals surface area (Å²) in [5.74, 6) is -4.63. The van der Waals surface area contributed by atoms with Crippen LogP contribution < -0.4 is 25.2 Å². The standard InChI is InChI=1S/C35H41F2N7O6/c1-42-27-18-38-33(41-30(27)44(24-11-7-8-12-24)21-35(36,37)32(42)46)40-25-14-13-23(17-29(25)49-3)31(45)39-26-19-43(16-15-28(26)48-2)34(47)50-20-22-9-5-4-6-10-22/h4-6,9-10,13-14,17-18,24,26,28H,7-8,11-12,15-16,19-21H2,1-3H3,(H,39,45)(H,38,40,41). The maximum atomic E-state index is 15.0. The van der Waals surface area contributed by atoms with E-state index in [0.717, 1.165) is 36.1 Å². The molecule has 15 heteroatoms. The zero-order chi connectivity index (χ0) is 35.4. The molecule has 3 amide bonds. The van der Waals surface area contributed by atoms with E-state index in [1.807, 2.05) is 30.3 Å². The number of piperidine rings is 1. The topological polar surface area (TPSA) is 138 Å². The van der Waals surface area contributed by atoms with Crippen LogP contribution in [0, 0.1) is 0 Å². The van der Waals surface area contributed by atoms with Gasteiger partial charge in [0, 0.05) is 38.9 Å². The predicted molar refractivity (Wildman–Crippen MR) is 181 cm³/mol. The quantitative estimate of drug-likeness (QED) is 0.323. The lowest BCUT2D eigenvalue weighted by molar-refractivity contribution is -0.140. The number of amides is 3. The monoisotopic (exact) mass is 693 g/mol. The van der Waals surface area contributed by atoms with Crippen LogP contribution in [-0.4, -0.2) is 97.8 Å². The van der Waals surface area contributed by atoms with Gasteiger partial charge in [0.05, 0.1) is 37.7 Å². The second-order valence-electron chi connectivity index (χ2n) is 12.7. The van der Waals surface area contributed by atoms with Gasteiger partial charge >= 0.3 is 12.0 Å². The minimum absolute atomic E-state index is 0.109. The Kier molecular flexibility index (Phi) is 10.3. The van der Waals surface area contributed by atoms with Crippen molar-refractivity contribution in [3.63, 3.8) is 0 Å². The van der Waals surface area contributed by atoms with Gasteiger partial charge in [0.25, 0.3) is 11.8 Å². The number of carbonyl (C=O) groups is 3. The van der Waals surface area contributed by atoms with Crippen LogP contribution in [0.15, 0.2) is 54.7 Å². The number of benzene rings is 2. The second kappa shape index (κ2) is 14.8. The number of alkyl halides is 2. The number of nitrogens with zero attached hydrogens (tertiary/aromatic N) is 5. The maximum Gasteiger partial charge on any atom is 0.410 e. The summed E-state index contributed by atoms with van der Waals surface area (Å²) in [6.45, 7) is -0.00219. The molecule has 2 atom stereocenters. The average Bonchev–Trinajstić information content (AvgIpc) is 3.66. The number of methoxy groups -OCH3 is 2. The minimum atomic E-state index is -3.59. The highest BCUT2D eigenvalue weighted by atomic mass is 19.3. The van der Waals surface area contributed by atoms with Crippen LogP contribution >= 0.6 is 0 Å². The van der Waals surface area contributed by atoms with Crippen molar-refractivity contribution in [2.45, 2.75) is 62.8 Å². The number of anilines is 4. The fraction of sp³-hybridized carbons (Fsp3) is 0.457. The molecule has 1 saturated heterocycles. The fourth-order valence-electron chi connectivity index (χ4n) is 6.74. The molecule has 13 nitrogen and oxygen atoms in total. The van der Waals surface area contributed by atoms with Crippen molar-refractivity contribution in [2.75, 3.05) is 56.0 Å². The van der Waals surface area contributed by atoms with Crippen LogP contribution in [0.5, 0.6) is 5.75 Å². The highest BCUT2D eigenvalue weighted by Crippen LogP contribution is 2.40. The summed E-state index contributed by atoms with van der Waals surface area (Å²) in [4.78, 5) is 51.9. The summed E-state index contributed by atoms with van der Waals surface area (Å²) < 4.78 is 46.7. The number of aromatic nitrogens is 2. The summed E-state index contributed by atoms with van der Waals surface area (Å²) >= 11 is 0. The van der Waals surface area contributed by atoms with Crippen LogP contribution in [0.25, 0.3) is 0 Å². The van der Waals surface area contributed by atoms with E-state index in [1.165, 1.54) is 25.3 Å². The van der Waals surface area contributed by atoms with Crippen molar-refractivity contribution in [3.05, 3.63) is 65.9 Å². The Labute approximate surface area is 288 Å². The number of rotatable bonds is 9. The molecular weight excluding hydrogens is 652 g/mol. The Morgan fingerprint density at radius 2 is 1.82 bits per heavy atom. The maximum absolute atomic E-state index is 15.0. The first-order chi connectivity index (χ1) is 24.1. The van der Waals surface area contributed by atoms with Crippen LogP contribution in [0.1, 0.15) is 48.0 Å². The molecule has 2 unspecified atom stereocenters. The third kappa shape index (κ3) is 7.42. The molecule has 6 rings (SSSR count). The van der Waals surface area contributed by atoms with E-state index in [-0.39, 0.29) is 42.8 Å². The Hall–Kier alpha value is -5.05. The number of likely N-dealkylation sites (tertiary alicyclic amines) is 1. The average molecular weight is 694 g/mol. The fourth-order valence-corrected chi connectivity index (χ4v) is 6.74. The molecule has 3 heterocycles. The summed E-state index contributed by atoms with van der Waals surface area (Å²) in [5.41, 5.74) is 1.80. The first-order valence-electron chi connectivity index (χ1n) is 16.6. The van der Waals surface area contributed by atoms with E-state index in [1.54, 1.807) is 30.2 Å². The molecule has 2 aliphatic heterocycles. The number of halogens is 2. The highest BCUT2D eigenvalue weighted by molar-refractivity contribution is 6.02. The van der Waals surface area contributed by atoms with Crippen molar-refractivity contribution in [2.24, 2.45) is 0 Å². The van der Waals surface area contributed by atoms with Crippen LogP contribution in [-0.2, 0) is 20.9 Å². The molecule has 1 aromatic heterocycles. The lowest BCUT2D eigenvalue weighted by atomic mass is 10.0. The summed E-state index contributed by atoms with van der Waals surface area (Å²) in [5, 5.41) is 6.07. The van der Waals surface area contributed by atoms with Gasteiger partial charge in [0.1, 0.15) is 18.0 Å². The second-order valence-corrected chi connectivity index (χ2v) is 12.7. The number of hydrogen-bond acceptors (Lipinski definition) is 10. The normalized spacial score (nSPS) is 20.6. The molecule has 0 spiro atoms. The van der Waals surface area contributed by atoms with Crippen molar-refractivity contribution < 1.29 is 37.4 Å². The molecule has 1 aliphatic carbocycles. The van der Waals surface area contributed by atoms with Crippen molar-refractivity contribution in [1.29, 1.82) is 0 Å². The molecule has 2 aromatic carbocycles. The van der Waals surface area contributed by atoms with E-state index in [4.69, 9.17) is 14.2 Å². The van der Waals surface area contributed by atoms with E-state index in [0.29, 0.717) is 30.0 Å². The number of nitrogens with one attached hydrogen (secondary N) is 2. The number of carbonyl (C=O) groups excluding carboxylic acids is 3. The smallest absolute Gasteiger partial charge is 0.410 e. The van der Waals surface area contributed by atoms with Crippen LogP contribution in [0.4, 0.5) is 36.7 Å². The first-order valence-corrected chi connectivity index (χ1v) is 16.6. The summed E-state index contributed by atoms with van der Waals surface area (Å²) in [6, 6.07) is 13.5. The molecule has 2 fully saturated rings. The van der Waals surface area contributed by atoms with E-state index in [9.17, 15) is 23.2 Å². The van der Waals surface area contributed by atoms with E-state index in [2.05, 4.69) is 20.6 Å². The van der Waals surface area contributed by atoms with E-state index >= 15 is 0 Å². The minimum Gasteiger partial charge on any atom is -0.495 e. The molecule has 2 N–H and O–H groups in total. The molecule has 0 radical (unpaired) electrons. The largest absolute Gasteiger partial charge is 0.495 e. The lowest BCUT2D eigenvalue weighted by Gasteiger charge is -2.37. The molecule has 50 heavy (non-hydrogen) atoms. The highest BCUT2D eigenvalue weighted by Gasteiger charge is 2.49. The van der Waals surface area contributed by atoms with Crippen LogP contribution in [0.2, 0.25) is 0 Å². The SMILES string of the molecule is COc1cc(C(=O)NC2CN(C(=O)OCc3ccccc3)CCC2OC)ccc1Nc1ncc2c(n1)N(C1CCCC1)CC(F)(F)C(=O)N2C. The van der Waals surface area contributed by atoms with Gasteiger partial charge < -0.3 is 39.5 Å². The van der Waals surface area contributed by atoms with Gasteiger partial charge in [-0.2, -0.15) is 13.8 Å². The molecule has 3 aliphatic rings. The first kappa shape index (κ1) is 34.8.